The van der Waals surface area contributed by atoms with Crippen LogP contribution in [-0.2, 0) is 11.4 Å². The molecule has 0 spiro atoms. The number of nitrogens with one attached hydrogen (secondary N) is 1. The second-order valence-electron chi connectivity index (χ2n) is 11.8. The molecule has 6 nitrogen and oxygen atoms in total. The number of hydrogen-bond donors (Lipinski definition) is 2. The van der Waals surface area contributed by atoms with Gasteiger partial charge in [0.05, 0.1) is 5.56 Å². The molecule has 0 aromatic heterocycles. The first-order chi connectivity index (χ1) is 19.5. The van der Waals surface area contributed by atoms with Crippen LogP contribution >= 0.6 is 11.6 Å². The molecule has 1 atom stereocenters. The van der Waals surface area contributed by atoms with E-state index in [0.29, 0.717) is 33.7 Å². The Morgan fingerprint density at radius 2 is 1.59 bits per heavy atom. The summed E-state index contributed by atoms with van der Waals surface area (Å²) in [7, 11) is 0. The van der Waals surface area contributed by atoms with E-state index in [9.17, 15) is 27.9 Å². The number of fused-ring (bicyclic) bond motifs is 1. The van der Waals surface area contributed by atoms with Gasteiger partial charge >= 0.3 is 12.3 Å². The van der Waals surface area contributed by atoms with E-state index in [1.165, 1.54) is 24.3 Å². The summed E-state index contributed by atoms with van der Waals surface area (Å²) >= 11 is 6.27. The third-order valence-corrected chi connectivity index (χ3v) is 9.17. The highest BCUT2D eigenvalue weighted by atomic mass is 35.5. The summed E-state index contributed by atoms with van der Waals surface area (Å²) in [4.78, 5) is 26.4. The fourth-order valence-corrected chi connectivity index (χ4v) is 7.93. The van der Waals surface area contributed by atoms with Crippen LogP contribution in [0, 0.1) is 23.2 Å². The maximum atomic E-state index is 13.8. The zero-order chi connectivity index (χ0) is 28.9. The van der Waals surface area contributed by atoms with Gasteiger partial charge < -0.3 is 19.9 Å². The first-order valence-corrected chi connectivity index (χ1v) is 14.1. The van der Waals surface area contributed by atoms with Gasteiger partial charge in [0.2, 0.25) is 0 Å². The van der Waals surface area contributed by atoms with Crippen LogP contribution < -0.4 is 14.8 Å². The second kappa shape index (κ2) is 10.4. The van der Waals surface area contributed by atoms with E-state index in [2.05, 4.69) is 10.1 Å². The minimum Gasteiger partial charge on any atom is -0.487 e. The van der Waals surface area contributed by atoms with Crippen molar-refractivity contribution in [3.63, 3.8) is 0 Å². The minimum atomic E-state index is -4.80. The van der Waals surface area contributed by atoms with Crippen molar-refractivity contribution >= 4 is 34.2 Å². The van der Waals surface area contributed by atoms with Gasteiger partial charge in [0.25, 0.3) is 5.91 Å². The summed E-state index contributed by atoms with van der Waals surface area (Å²) in [6, 6.07) is 12.7. The molecule has 41 heavy (non-hydrogen) atoms. The van der Waals surface area contributed by atoms with Gasteiger partial charge in [-0.1, -0.05) is 35.9 Å². The van der Waals surface area contributed by atoms with Crippen LogP contribution in [0.25, 0.3) is 10.8 Å². The molecular formula is C31H29ClF3NO5. The van der Waals surface area contributed by atoms with Crippen molar-refractivity contribution in [1.29, 1.82) is 0 Å². The third-order valence-electron chi connectivity index (χ3n) is 8.94. The van der Waals surface area contributed by atoms with E-state index < -0.39 is 29.7 Å². The molecule has 0 radical (unpaired) electrons. The third kappa shape index (κ3) is 5.69. The highest BCUT2D eigenvalue weighted by Crippen LogP contribution is 2.61. The van der Waals surface area contributed by atoms with E-state index in [1.54, 1.807) is 30.3 Å². The Balaban J connectivity index is 1.28. The molecule has 4 bridgehead atoms. The number of carboxylic acid groups (broad SMARTS) is 1. The fourth-order valence-electron chi connectivity index (χ4n) is 7.76. The van der Waals surface area contributed by atoms with Crippen molar-refractivity contribution in [2.24, 2.45) is 23.2 Å². The standard InChI is InChI=1S/C31H29ClF3NO5/c32-22-5-3-21-4-8-24(26(25(21)12-22)40-16-17-1-6-23(7-2-17)41-31(33,34)35)28(37)36-27(29(38)39)30-13-18-9-19(14-30)11-20(10-18)15-30/h1-8,12,18-20,27H,9-11,13-16H2,(H,36,37)(H,38,39)/t18?,19?,20?,27-,30?/m1/s1. The van der Waals surface area contributed by atoms with Crippen molar-refractivity contribution in [3.05, 3.63) is 70.7 Å². The van der Waals surface area contributed by atoms with Gasteiger partial charge in [-0.2, -0.15) is 0 Å². The van der Waals surface area contributed by atoms with Crippen LogP contribution in [0.15, 0.2) is 54.6 Å². The van der Waals surface area contributed by atoms with Gasteiger partial charge in [-0.15, -0.1) is 13.2 Å². The SMILES string of the molecule is O=C(N[C@H](C(=O)O)C12CC3CC(CC(C3)C1)C2)c1ccc2ccc(Cl)cc2c1OCc1ccc(OC(F)(F)F)cc1. The number of halogens is 4. The van der Waals surface area contributed by atoms with Crippen molar-refractivity contribution < 1.29 is 37.3 Å². The van der Waals surface area contributed by atoms with Gasteiger partial charge in [0.15, 0.2) is 0 Å². The normalized spacial score (nSPS) is 25.6. The van der Waals surface area contributed by atoms with Crippen molar-refractivity contribution in [2.75, 3.05) is 0 Å². The van der Waals surface area contributed by atoms with Gasteiger partial charge in [0.1, 0.15) is 24.1 Å². The van der Waals surface area contributed by atoms with Crippen molar-refractivity contribution in [1.82, 2.24) is 5.32 Å². The Bertz CT molecular complexity index is 1450. The number of ether oxygens (including phenoxy) is 2. The zero-order valence-electron chi connectivity index (χ0n) is 22.0. The molecule has 7 rings (SSSR count). The molecule has 1 amide bonds. The molecule has 0 heterocycles. The van der Waals surface area contributed by atoms with Gasteiger partial charge in [-0.3, -0.25) is 4.79 Å². The monoisotopic (exact) mass is 587 g/mol. The summed E-state index contributed by atoms with van der Waals surface area (Å²) in [5.74, 6) is -0.207. The highest BCUT2D eigenvalue weighted by Gasteiger charge is 2.56. The fraction of sp³-hybridized carbons (Fsp3) is 0.419. The van der Waals surface area contributed by atoms with E-state index >= 15 is 0 Å². The average Bonchev–Trinajstić information content (AvgIpc) is 2.89. The number of alkyl halides is 3. The molecule has 0 saturated heterocycles. The Hall–Kier alpha value is -3.46. The van der Waals surface area contributed by atoms with E-state index in [1.807, 2.05) is 0 Å². The largest absolute Gasteiger partial charge is 0.573 e. The molecule has 4 saturated carbocycles. The molecule has 216 valence electrons. The molecule has 0 aliphatic heterocycles. The topological polar surface area (TPSA) is 84.9 Å². The lowest BCUT2D eigenvalue weighted by atomic mass is 9.47. The Kier molecular flexibility index (Phi) is 7.04. The van der Waals surface area contributed by atoms with Crippen LogP contribution in [0.3, 0.4) is 0 Å². The Morgan fingerprint density at radius 1 is 0.976 bits per heavy atom. The molecule has 3 aromatic rings. The van der Waals surface area contributed by atoms with E-state index in [4.69, 9.17) is 16.3 Å². The summed E-state index contributed by atoms with van der Waals surface area (Å²) in [6.45, 7) is -0.0600. The lowest BCUT2D eigenvalue weighted by molar-refractivity contribution is -0.274. The number of hydrogen-bond acceptors (Lipinski definition) is 4. The van der Waals surface area contributed by atoms with Crippen LogP contribution in [0.5, 0.6) is 11.5 Å². The minimum absolute atomic E-state index is 0.0600. The molecule has 2 N–H and O–H groups in total. The summed E-state index contributed by atoms with van der Waals surface area (Å²) in [5.41, 5.74) is 0.243. The summed E-state index contributed by atoms with van der Waals surface area (Å²) in [5, 5.41) is 14.9. The number of rotatable bonds is 8. The van der Waals surface area contributed by atoms with Crippen molar-refractivity contribution in [3.8, 4) is 11.5 Å². The average molecular weight is 588 g/mol. The molecule has 3 aromatic carbocycles. The maximum Gasteiger partial charge on any atom is 0.573 e. The lowest BCUT2D eigenvalue weighted by Gasteiger charge is -2.58. The first-order valence-electron chi connectivity index (χ1n) is 13.7. The first kappa shape index (κ1) is 27.7. The number of aliphatic carboxylic acids is 1. The summed E-state index contributed by atoms with van der Waals surface area (Å²) < 4.78 is 47.6. The molecule has 4 aliphatic carbocycles. The van der Waals surface area contributed by atoms with Crippen LogP contribution in [0.4, 0.5) is 13.2 Å². The van der Waals surface area contributed by atoms with Crippen molar-refractivity contribution in [2.45, 2.75) is 57.5 Å². The maximum absolute atomic E-state index is 13.8. The highest BCUT2D eigenvalue weighted by molar-refractivity contribution is 6.31. The van der Waals surface area contributed by atoms with Gasteiger partial charge in [-0.05, 0) is 97.6 Å². The molecule has 0 unspecified atom stereocenters. The van der Waals surface area contributed by atoms with Crippen LogP contribution in [-0.4, -0.2) is 29.4 Å². The number of carbonyl (C=O) groups is 2. The second-order valence-corrected chi connectivity index (χ2v) is 12.2. The Morgan fingerprint density at radius 3 is 2.17 bits per heavy atom. The molecule has 4 aliphatic rings. The molecule has 4 fully saturated rings. The number of benzene rings is 3. The lowest BCUT2D eigenvalue weighted by Crippen LogP contribution is -2.59. The molecular weight excluding hydrogens is 559 g/mol. The van der Waals surface area contributed by atoms with Crippen LogP contribution in [0.2, 0.25) is 5.02 Å². The summed E-state index contributed by atoms with van der Waals surface area (Å²) in [6.07, 6.45) is 1.06. The quantitative estimate of drug-likeness (QED) is 0.287. The predicted molar refractivity (Wildman–Crippen MR) is 146 cm³/mol. The van der Waals surface area contributed by atoms with E-state index in [0.717, 1.165) is 43.9 Å². The number of carbonyl (C=O) groups excluding carboxylic acids is 1. The van der Waals surface area contributed by atoms with Gasteiger partial charge in [-0.25, -0.2) is 4.79 Å². The van der Waals surface area contributed by atoms with E-state index in [-0.39, 0.29) is 23.7 Å². The van der Waals surface area contributed by atoms with Crippen LogP contribution in [0.1, 0.15) is 54.4 Å². The predicted octanol–water partition coefficient (Wildman–Crippen LogP) is 7.37. The molecule has 10 heteroatoms. The smallest absolute Gasteiger partial charge is 0.487 e. The van der Waals surface area contributed by atoms with Gasteiger partial charge in [0, 0.05) is 15.8 Å². The number of carboxylic acids is 1. The zero-order valence-corrected chi connectivity index (χ0v) is 22.8. The Labute approximate surface area is 239 Å². The number of amides is 1.